The molecule has 0 saturated heterocycles. The minimum atomic E-state index is -0.192. The molecule has 0 aliphatic carbocycles. The van der Waals surface area contributed by atoms with E-state index in [2.05, 4.69) is 15.6 Å². The lowest BCUT2D eigenvalue weighted by atomic mass is 10.1. The van der Waals surface area contributed by atoms with E-state index in [1.807, 2.05) is 18.2 Å². The summed E-state index contributed by atoms with van der Waals surface area (Å²) in [5, 5.41) is 6.09. The topological polar surface area (TPSA) is 54.0 Å². The molecule has 18 heavy (non-hydrogen) atoms. The number of carbonyl (C=O) groups is 1. The second kappa shape index (κ2) is 5.51. The van der Waals surface area contributed by atoms with Crippen LogP contribution >= 0.6 is 11.6 Å². The molecule has 1 aromatic heterocycles. The van der Waals surface area contributed by atoms with Crippen LogP contribution in [0.4, 0.5) is 11.4 Å². The van der Waals surface area contributed by atoms with Gasteiger partial charge in [0, 0.05) is 24.6 Å². The second-order valence-electron chi connectivity index (χ2n) is 3.62. The zero-order valence-corrected chi connectivity index (χ0v) is 10.5. The Hall–Kier alpha value is -2.07. The molecule has 0 spiro atoms. The van der Waals surface area contributed by atoms with Crippen molar-refractivity contribution in [1.82, 2.24) is 4.98 Å². The van der Waals surface area contributed by atoms with Crippen molar-refractivity contribution in [2.75, 3.05) is 17.7 Å². The van der Waals surface area contributed by atoms with Gasteiger partial charge in [-0.1, -0.05) is 23.7 Å². The van der Waals surface area contributed by atoms with Gasteiger partial charge in [-0.05, 0) is 24.3 Å². The summed E-state index contributed by atoms with van der Waals surface area (Å²) in [4.78, 5) is 15.9. The molecular formula is C13H12ClN3O. The fourth-order valence-corrected chi connectivity index (χ4v) is 1.75. The average molecular weight is 262 g/mol. The SMILES string of the molecule is CNc1ccccc1C(=O)Nc1ccnc(Cl)c1. The Kier molecular flexibility index (Phi) is 3.79. The predicted molar refractivity (Wildman–Crippen MR) is 73.2 cm³/mol. The van der Waals surface area contributed by atoms with Crippen LogP contribution in [0.1, 0.15) is 10.4 Å². The molecule has 0 aliphatic rings. The predicted octanol–water partition coefficient (Wildman–Crippen LogP) is 3.03. The number of nitrogens with zero attached hydrogens (tertiary/aromatic N) is 1. The Balaban J connectivity index is 2.22. The van der Waals surface area contributed by atoms with Crippen molar-refractivity contribution in [1.29, 1.82) is 0 Å². The number of amides is 1. The van der Waals surface area contributed by atoms with E-state index in [1.54, 1.807) is 31.4 Å². The molecule has 4 nitrogen and oxygen atoms in total. The summed E-state index contributed by atoms with van der Waals surface area (Å²) in [6.45, 7) is 0. The lowest BCUT2D eigenvalue weighted by Crippen LogP contribution is -2.13. The highest BCUT2D eigenvalue weighted by molar-refractivity contribution is 6.29. The Labute approximate surface area is 110 Å². The fourth-order valence-electron chi connectivity index (χ4n) is 1.58. The molecule has 2 aromatic rings. The Morgan fingerprint density at radius 2 is 2.06 bits per heavy atom. The normalized spacial score (nSPS) is 9.89. The van der Waals surface area contributed by atoms with Gasteiger partial charge in [0.05, 0.1) is 5.56 Å². The van der Waals surface area contributed by atoms with Gasteiger partial charge in [0.2, 0.25) is 0 Å². The van der Waals surface area contributed by atoms with Crippen LogP contribution in [-0.2, 0) is 0 Å². The van der Waals surface area contributed by atoms with Crippen molar-refractivity contribution < 1.29 is 4.79 Å². The third-order valence-corrected chi connectivity index (χ3v) is 2.63. The van der Waals surface area contributed by atoms with Crippen molar-refractivity contribution in [3.63, 3.8) is 0 Å². The third-order valence-electron chi connectivity index (χ3n) is 2.43. The van der Waals surface area contributed by atoms with E-state index in [9.17, 15) is 4.79 Å². The van der Waals surface area contributed by atoms with Gasteiger partial charge in [0.1, 0.15) is 5.15 Å². The first kappa shape index (κ1) is 12.4. The summed E-state index contributed by atoms with van der Waals surface area (Å²) in [6.07, 6.45) is 1.54. The molecule has 0 unspecified atom stereocenters. The molecule has 1 aromatic carbocycles. The number of nitrogens with one attached hydrogen (secondary N) is 2. The van der Waals surface area contributed by atoms with Crippen molar-refractivity contribution in [2.24, 2.45) is 0 Å². The van der Waals surface area contributed by atoms with E-state index in [-0.39, 0.29) is 5.91 Å². The van der Waals surface area contributed by atoms with Crippen LogP contribution in [-0.4, -0.2) is 17.9 Å². The number of rotatable bonds is 3. The minimum Gasteiger partial charge on any atom is -0.387 e. The van der Waals surface area contributed by atoms with Crippen LogP contribution < -0.4 is 10.6 Å². The molecule has 0 saturated carbocycles. The molecule has 0 radical (unpaired) electrons. The number of benzene rings is 1. The zero-order valence-electron chi connectivity index (χ0n) is 9.77. The maximum Gasteiger partial charge on any atom is 0.257 e. The molecule has 2 N–H and O–H groups in total. The van der Waals surface area contributed by atoms with Gasteiger partial charge in [-0.3, -0.25) is 4.79 Å². The van der Waals surface area contributed by atoms with Crippen LogP contribution in [0.15, 0.2) is 42.6 Å². The van der Waals surface area contributed by atoms with Crippen molar-refractivity contribution >= 4 is 28.9 Å². The number of para-hydroxylation sites is 1. The highest BCUT2D eigenvalue weighted by Crippen LogP contribution is 2.17. The van der Waals surface area contributed by atoms with E-state index in [1.165, 1.54) is 0 Å². The molecule has 0 bridgehead atoms. The Morgan fingerprint density at radius 1 is 1.28 bits per heavy atom. The first-order valence-electron chi connectivity index (χ1n) is 5.40. The summed E-state index contributed by atoms with van der Waals surface area (Å²) in [5.74, 6) is -0.192. The number of carbonyl (C=O) groups excluding carboxylic acids is 1. The summed E-state index contributed by atoms with van der Waals surface area (Å²) in [5.41, 5.74) is 1.97. The summed E-state index contributed by atoms with van der Waals surface area (Å²) in [6, 6.07) is 10.6. The summed E-state index contributed by atoms with van der Waals surface area (Å²) < 4.78 is 0. The van der Waals surface area contributed by atoms with Gasteiger partial charge in [-0.25, -0.2) is 4.98 Å². The lowest BCUT2D eigenvalue weighted by Gasteiger charge is -2.09. The minimum absolute atomic E-state index is 0.192. The molecule has 1 heterocycles. The first-order chi connectivity index (χ1) is 8.70. The second-order valence-corrected chi connectivity index (χ2v) is 4.00. The number of anilines is 2. The van der Waals surface area contributed by atoms with Gasteiger partial charge in [0.25, 0.3) is 5.91 Å². The van der Waals surface area contributed by atoms with Crippen LogP contribution in [0, 0.1) is 0 Å². The number of hydrogen-bond donors (Lipinski definition) is 2. The maximum absolute atomic E-state index is 12.1. The first-order valence-corrected chi connectivity index (χ1v) is 5.78. The fraction of sp³-hybridized carbons (Fsp3) is 0.0769. The number of halogens is 1. The zero-order chi connectivity index (χ0) is 13.0. The number of pyridine rings is 1. The summed E-state index contributed by atoms with van der Waals surface area (Å²) in [7, 11) is 1.77. The van der Waals surface area contributed by atoms with Crippen LogP contribution in [0.3, 0.4) is 0 Å². The highest BCUT2D eigenvalue weighted by atomic mass is 35.5. The van der Waals surface area contributed by atoms with Crippen molar-refractivity contribution in [3.8, 4) is 0 Å². The summed E-state index contributed by atoms with van der Waals surface area (Å²) >= 11 is 5.76. The quantitative estimate of drug-likeness (QED) is 0.835. The maximum atomic E-state index is 12.1. The molecular weight excluding hydrogens is 250 g/mol. The monoisotopic (exact) mass is 261 g/mol. The van der Waals surface area contributed by atoms with E-state index in [0.717, 1.165) is 5.69 Å². The Morgan fingerprint density at radius 3 is 2.78 bits per heavy atom. The standard InChI is InChI=1S/C13H12ClN3O/c1-15-11-5-3-2-4-10(11)13(18)17-9-6-7-16-12(14)8-9/h2-8,15H,1H3,(H,16,17,18). The van der Waals surface area contributed by atoms with Gasteiger partial charge < -0.3 is 10.6 Å². The average Bonchev–Trinajstić information content (AvgIpc) is 2.38. The van der Waals surface area contributed by atoms with E-state index in [4.69, 9.17) is 11.6 Å². The van der Waals surface area contributed by atoms with Crippen LogP contribution in [0.5, 0.6) is 0 Å². The van der Waals surface area contributed by atoms with Gasteiger partial charge in [0.15, 0.2) is 0 Å². The van der Waals surface area contributed by atoms with Crippen LogP contribution in [0.2, 0.25) is 5.15 Å². The largest absolute Gasteiger partial charge is 0.387 e. The number of hydrogen-bond acceptors (Lipinski definition) is 3. The van der Waals surface area contributed by atoms with Crippen LogP contribution in [0.25, 0.3) is 0 Å². The highest BCUT2D eigenvalue weighted by Gasteiger charge is 2.10. The molecule has 0 atom stereocenters. The van der Waals surface area contributed by atoms with E-state index in [0.29, 0.717) is 16.4 Å². The lowest BCUT2D eigenvalue weighted by molar-refractivity contribution is 0.102. The molecule has 1 amide bonds. The van der Waals surface area contributed by atoms with E-state index < -0.39 is 0 Å². The van der Waals surface area contributed by atoms with Crippen molar-refractivity contribution in [3.05, 3.63) is 53.3 Å². The molecule has 5 heteroatoms. The van der Waals surface area contributed by atoms with Crippen molar-refractivity contribution in [2.45, 2.75) is 0 Å². The Bertz CT molecular complexity index is 572. The molecule has 0 fully saturated rings. The third kappa shape index (κ3) is 2.78. The smallest absolute Gasteiger partial charge is 0.257 e. The molecule has 0 aliphatic heterocycles. The van der Waals surface area contributed by atoms with Gasteiger partial charge in [-0.2, -0.15) is 0 Å². The van der Waals surface area contributed by atoms with Gasteiger partial charge in [-0.15, -0.1) is 0 Å². The number of aromatic nitrogens is 1. The van der Waals surface area contributed by atoms with Gasteiger partial charge >= 0.3 is 0 Å². The molecule has 2 rings (SSSR count). The van der Waals surface area contributed by atoms with E-state index >= 15 is 0 Å². The molecule has 92 valence electrons.